The van der Waals surface area contributed by atoms with E-state index in [1.807, 2.05) is 24.3 Å². The number of nitrogens with zero attached hydrogens (tertiary/aromatic N) is 2. The lowest BCUT2D eigenvalue weighted by Crippen LogP contribution is -2.50. The van der Waals surface area contributed by atoms with Gasteiger partial charge in [0, 0.05) is 11.8 Å². The number of ether oxygens (including phenoxy) is 2. The molecule has 6 aliphatic carbocycles. The van der Waals surface area contributed by atoms with Gasteiger partial charge in [-0.25, -0.2) is 0 Å². The number of nitriles is 2. The number of hydrogen-bond acceptors (Lipinski definition) is 5. The zero-order valence-corrected chi connectivity index (χ0v) is 27.7. The maximum atomic E-state index is 15.2. The van der Waals surface area contributed by atoms with E-state index in [2.05, 4.69) is 12.1 Å². The van der Waals surface area contributed by atoms with Gasteiger partial charge in [0.15, 0.2) is 0 Å². The van der Waals surface area contributed by atoms with Gasteiger partial charge < -0.3 is 9.47 Å². The van der Waals surface area contributed by atoms with Crippen molar-refractivity contribution in [2.75, 3.05) is 13.2 Å². The third kappa shape index (κ3) is 7.46. The molecule has 0 saturated heterocycles. The van der Waals surface area contributed by atoms with Gasteiger partial charge in [-0.1, -0.05) is 0 Å². The van der Waals surface area contributed by atoms with E-state index in [-0.39, 0.29) is 22.7 Å². The summed E-state index contributed by atoms with van der Waals surface area (Å²) >= 11 is 0. The Balaban J connectivity index is 1.11. The third-order valence-electron chi connectivity index (χ3n) is 12.7. The van der Waals surface area contributed by atoms with Gasteiger partial charge in [-0.15, -0.1) is 0 Å². The first-order chi connectivity index (χ1) is 22.5. The fraction of sp³-hybridized carbons (Fsp3) is 0.634. The lowest BCUT2D eigenvalue weighted by atomic mass is 9.49. The fourth-order valence-electron chi connectivity index (χ4n) is 9.89. The third-order valence-corrected chi connectivity index (χ3v) is 12.7. The van der Waals surface area contributed by atoms with E-state index in [0.717, 1.165) is 61.9 Å². The molecule has 0 spiro atoms. The molecule has 6 aliphatic rings. The highest BCUT2D eigenvalue weighted by atomic mass is 16.5. The Labute approximate surface area is 276 Å². The van der Waals surface area contributed by atoms with Crippen molar-refractivity contribution in [3.8, 4) is 23.6 Å². The molecule has 6 fully saturated rings. The summed E-state index contributed by atoms with van der Waals surface area (Å²) in [4.78, 5) is 15.2. The van der Waals surface area contributed by atoms with Crippen molar-refractivity contribution in [2.24, 2.45) is 34.5 Å². The van der Waals surface area contributed by atoms with Gasteiger partial charge in [-0.05, 0) is 187 Å². The largest absolute Gasteiger partial charge is 0.494 e. The molecule has 5 heteroatoms. The van der Waals surface area contributed by atoms with Crippen LogP contribution in [-0.4, -0.2) is 19.0 Å². The summed E-state index contributed by atoms with van der Waals surface area (Å²) in [5, 5.41) is 18.2. The van der Waals surface area contributed by atoms with E-state index in [9.17, 15) is 0 Å². The smallest absolute Gasteiger partial charge is 0.140 e. The summed E-state index contributed by atoms with van der Waals surface area (Å²) in [7, 11) is 0. The van der Waals surface area contributed by atoms with Crippen LogP contribution in [0.4, 0.5) is 0 Å². The number of unbranched alkanes of at least 4 members (excludes halogenated alkanes) is 2. The highest BCUT2D eigenvalue weighted by molar-refractivity contribution is 5.85. The molecule has 0 heterocycles. The molecule has 2 atom stereocenters. The minimum atomic E-state index is 0.178. The van der Waals surface area contributed by atoms with Crippen LogP contribution in [0.2, 0.25) is 0 Å². The highest BCUT2D eigenvalue weighted by Crippen LogP contribution is 2.60. The molecular formula is C41H52N2O3. The molecule has 8 rings (SSSR count). The van der Waals surface area contributed by atoms with Crippen molar-refractivity contribution in [2.45, 2.75) is 116 Å². The van der Waals surface area contributed by atoms with E-state index in [1.165, 1.54) is 77.0 Å². The normalized spacial score (nSPS) is 27.7. The molecule has 0 aliphatic heterocycles. The van der Waals surface area contributed by atoms with Crippen molar-refractivity contribution in [1.82, 2.24) is 0 Å². The maximum absolute atomic E-state index is 15.2. The van der Waals surface area contributed by atoms with Crippen LogP contribution in [0.1, 0.15) is 127 Å². The summed E-state index contributed by atoms with van der Waals surface area (Å²) < 4.78 is 12.1. The topological polar surface area (TPSA) is 83.1 Å². The monoisotopic (exact) mass is 620 g/mol. The molecule has 5 nitrogen and oxygen atoms in total. The van der Waals surface area contributed by atoms with E-state index in [1.54, 1.807) is 24.3 Å². The van der Waals surface area contributed by atoms with Crippen LogP contribution in [0.15, 0.2) is 48.5 Å². The van der Waals surface area contributed by atoms with Crippen LogP contribution in [0.3, 0.4) is 0 Å². The Bertz CT molecular complexity index is 1240. The maximum Gasteiger partial charge on any atom is 0.140 e. The van der Waals surface area contributed by atoms with Gasteiger partial charge in [0.05, 0.1) is 36.5 Å². The summed E-state index contributed by atoms with van der Waals surface area (Å²) in [5.41, 5.74) is 1.71. The first-order valence-electron chi connectivity index (χ1n) is 18.3. The Morgan fingerprint density at radius 1 is 0.609 bits per heavy atom. The number of fused-ring (bicyclic) bond motifs is 6. The molecule has 0 N–H and O–H groups in total. The number of carbonyl (C=O) groups is 1. The second-order valence-electron chi connectivity index (χ2n) is 15.2. The van der Waals surface area contributed by atoms with Crippen LogP contribution in [0, 0.1) is 57.2 Å². The first kappa shape index (κ1) is 32.6. The van der Waals surface area contributed by atoms with Crippen LogP contribution < -0.4 is 9.47 Å². The van der Waals surface area contributed by atoms with E-state index < -0.39 is 0 Å². The van der Waals surface area contributed by atoms with E-state index in [0.29, 0.717) is 30.1 Å². The number of ketones is 1. The average molecular weight is 621 g/mol. The zero-order valence-electron chi connectivity index (χ0n) is 27.7. The predicted molar refractivity (Wildman–Crippen MR) is 180 cm³/mol. The molecule has 6 saturated carbocycles. The van der Waals surface area contributed by atoms with Gasteiger partial charge in [0.1, 0.15) is 17.3 Å². The SMILES string of the molecule is N#Cc1ccc(OCCCCC(C(=O)C(CCCCOc2ccc(C#N)cc2)C23CCC(CC2)CC3)C23CCC(CC2)CC3)cc1. The van der Waals surface area contributed by atoms with Crippen molar-refractivity contribution in [3.05, 3.63) is 59.7 Å². The highest BCUT2D eigenvalue weighted by Gasteiger charge is 2.53. The summed E-state index contributed by atoms with van der Waals surface area (Å²) in [5.74, 6) is 4.38. The number of benzene rings is 2. The molecule has 0 amide bonds. The quantitative estimate of drug-likeness (QED) is 0.174. The number of carbonyl (C=O) groups excluding carboxylic acids is 1. The second-order valence-corrected chi connectivity index (χ2v) is 15.2. The number of hydrogen-bond donors (Lipinski definition) is 0. The predicted octanol–water partition coefficient (Wildman–Crippen LogP) is 9.97. The van der Waals surface area contributed by atoms with E-state index >= 15 is 4.79 Å². The molecule has 2 aromatic rings. The van der Waals surface area contributed by atoms with Gasteiger partial charge in [-0.2, -0.15) is 10.5 Å². The minimum absolute atomic E-state index is 0.178. The zero-order chi connectivity index (χ0) is 31.8. The minimum Gasteiger partial charge on any atom is -0.494 e. The van der Waals surface area contributed by atoms with Crippen LogP contribution in [0.25, 0.3) is 0 Å². The molecule has 2 unspecified atom stereocenters. The molecule has 2 aromatic carbocycles. The Morgan fingerprint density at radius 2 is 0.957 bits per heavy atom. The van der Waals surface area contributed by atoms with Gasteiger partial charge >= 0.3 is 0 Å². The van der Waals surface area contributed by atoms with Crippen LogP contribution in [-0.2, 0) is 4.79 Å². The van der Waals surface area contributed by atoms with Gasteiger partial charge in [-0.3, -0.25) is 4.79 Å². The molecule has 0 radical (unpaired) electrons. The summed E-state index contributed by atoms with van der Waals surface area (Å²) in [6, 6.07) is 19.1. The van der Waals surface area contributed by atoms with Crippen molar-refractivity contribution >= 4 is 5.78 Å². The molecule has 4 bridgehead atoms. The lowest BCUT2D eigenvalue weighted by molar-refractivity contribution is -0.144. The number of Topliss-reactive ketones (excluding diaryl/α,β-unsaturated/α-hetero) is 1. The molecule has 46 heavy (non-hydrogen) atoms. The number of rotatable bonds is 16. The fourth-order valence-corrected chi connectivity index (χ4v) is 9.89. The Kier molecular flexibility index (Phi) is 10.7. The summed E-state index contributed by atoms with van der Waals surface area (Å²) in [6.07, 6.45) is 21.3. The Morgan fingerprint density at radius 3 is 1.28 bits per heavy atom. The van der Waals surface area contributed by atoms with Crippen molar-refractivity contribution in [3.63, 3.8) is 0 Å². The van der Waals surface area contributed by atoms with Crippen molar-refractivity contribution < 1.29 is 14.3 Å². The lowest BCUT2D eigenvalue weighted by Gasteiger charge is -2.55. The molecule has 244 valence electrons. The van der Waals surface area contributed by atoms with E-state index in [4.69, 9.17) is 20.0 Å². The van der Waals surface area contributed by atoms with Gasteiger partial charge in [0.25, 0.3) is 0 Å². The van der Waals surface area contributed by atoms with Crippen LogP contribution in [0.5, 0.6) is 11.5 Å². The molecule has 0 aromatic heterocycles. The molecular weight excluding hydrogens is 568 g/mol. The van der Waals surface area contributed by atoms with Crippen LogP contribution >= 0.6 is 0 Å². The second kappa shape index (κ2) is 15.1. The first-order valence-corrected chi connectivity index (χ1v) is 18.3. The summed E-state index contributed by atoms with van der Waals surface area (Å²) in [6.45, 7) is 1.30. The Hall–Kier alpha value is -3.31. The standard InChI is InChI=1S/C41H52N2O3/c42-29-33-7-11-35(12-8-33)45-27-3-1-5-37(40-21-15-31(16-22-40)17-23-40)39(44)38(41-24-18-32(19-25-41)20-26-41)6-2-4-28-46-36-13-9-34(30-43)10-14-36/h7-14,31-32,37-38H,1-6,15-28H2. The van der Waals surface area contributed by atoms with Crippen molar-refractivity contribution in [1.29, 1.82) is 10.5 Å². The van der Waals surface area contributed by atoms with Gasteiger partial charge in [0.2, 0.25) is 0 Å². The average Bonchev–Trinajstić information content (AvgIpc) is 3.13.